The van der Waals surface area contributed by atoms with E-state index in [1.807, 2.05) is 18.2 Å². The molecule has 1 N–H and O–H groups in total. The van der Waals surface area contributed by atoms with E-state index < -0.39 is 13.3 Å². The van der Waals surface area contributed by atoms with E-state index in [9.17, 15) is 0 Å². The Morgan fingerprint density at radius 1 is 0.706 bits per heavy atom. The van der Waals surface area contributed by atoms with Gasteiger partial charge in [0.1, 0.15) is 0 Å². The molecule has 0 radical (unpaired) electrons. The van der Waals surface area contributed by atoms with Crippen LogP contribution in [0.5, 0.6) is 0 Å². The van der Waals surface area contributed by atoms with E-state index in [0.717, 1.165) is 11.4 Å². The molecule has 0 unspecified atom stereocenters. The normalized spacial score (nSPS) is 11.2. The predicted molar refractivity (Wildman–Crippen MR) is 79.1 cm³/mol. The second-order valence-corrected chi connectivity index (χ2v) is 16.0. The number of benzene rings is 2. The van der Waals surface area contributed by atoms with Crippen molar-refractivity contribution in [1.82, 2.24) is 0 Å². The van der Waals surface area contributed by atoms with E-state index in [2.05, 4.69) is 59.0 Å². The van der Waals surface area contributed by atoms with Gasteiger partial charge in [-0.2, -0.15) is 0 Å². The Labute approximate surface area is 106 Å². The van der Waals surface area contributed by atoms with Crippen molar-refractivity contribution in [2.45, 2.75) is 17.3 Å². The molecule has 2 aromatic carbocycles. The van der Waals surface area contributed by atoms with Crippen LogP contribution in [0.25, 0.3) is 0 Å². The Kier molecular flexibility index (Phi) is 3.58. The summed E-state index contributed by atoms with van der Waals surface area (Å²) in [6, 6.07) is 19.2. The second-order valence-electron chi connectivity index (χ2n) is 5.32. The summed E-state index contributed by atoms with van der Waals surface area (Å²) in [4.78, 5) is 0. The van der Waals surface area contributed by atoms with Crippen molar-refractivity contribution in [1.29, 1.82) is 0 Å². The summed E-state index contributed by atoms with van der Waals surface area (Å²) in [7, 11) is 0. The van der Waals surface area contributed by atoms with Crippen LogP contribution in [-0.2, 0) is 0 Å². The van der Waals surface area contributed by atoms with Gasteiger partial charge in [-0.3, -0.25) is 0 Å². The van der Waals surface area contributed by atoms with E-state index in [-0.39, 0.29) is 0 Å². The van der Waals surface area contributed by atoms with Gasteiger partial charge in [0.15, 0.2) is 0 Å². The fraction of sp³-hybridized carbons (Fsp3) is 0.200. The summed E-state index contributed by atoms with van der Waals surface area (Å²) in [6.45, 7) is 0. The van der Waals surface area contributed by atoms with Crippen molar-refractivity contribution >= 4 is 29.0 Å². The Balaban J connectivity index is 2.14. The summed E-state index contributed by atoms with van der Waals surface area (Å²) in [6.07, 6.45) is 0. The van der Waals surface area contributed by atoms with Gasteiger partial charge in [0.2, 0.25) is 0 Å². The first-order valence-corrected chi connectivity index (χ1v) is 13.3. The third-order valence-electron chi connectivity index (χ3n) is 2.81. The molecule has 0 aromatic heterocycles. The van der Waals surface area contributed by atoms with E-state index >= 15 is 0 Å². The zero-order valence-electron chi connectivity index (χ0n) is 10.7. The first-order valence-electron chi connectivity index (χ1n) is 5.98. The molecule has 17 heavy (non-hydrogen) atoms. The first kappa shape index (κ1) is 12.2. The van der Waals surface area contributed by atoms with Gasteiger partial charge in [0, 0.05) is 0 Å². The number of para-hydroxylation sites is 1. The first-order chi connectivity index (χ1) is 8.05. The molecule has 0 atom stereocenters. The molecule has 2 rings (SSSR count). The molecule has 0 spiro atoms. The van der Waals surface area contributed by atoms with Crippen molar-refractivity contribution in [3.05, 3.63) is 54.6 Å². The van der Waals surface area contributed by atoms with Crippen LogP contribution < -0.4 is 9.71 Å². The van der Waals surface area contributed by atoms with Crippen molar-refractivity contribution in [3.8, 4) is 0 Å². The third kappa shape index (κ3) is 3.37. The van der Waals surface area contributed by atoms with Crippen molar-refractivity contribution in [3.63, 3.8) is 0 Å². The summed E-state index contributed by atoms with van der Waals surface area (Å²) in [5.74, 6) is 7.25. The van der Waals surface area contributed by atoms with Gasteiger partial charge in [0.05, 0.1) is 0 Å². The van der Waals surface area contributed by atoms with Gasteiger partial charge in [-0.05, 0) is 0 Å². The second kappa shape index (κ2) is 4.96. The predicted octanol–water partition coefficient (Wildman–Crippen LogP) is 3.98. The molecule has 0 saturated carbocycles. The van der Waals surface area contributed by atoms with Crippen LogP contribution in [0.2, 0.25) is 17.3 Å². The zero-order valence-corrected chi connectivity index (χ0v) is 12.8. The molecule has 88 valence electrons. The average molecular weight is 286 g/mol. The Bertz CT molecular complexity index is 469. The van der Waals surface area contributed by atoms with Crippen molar-refractivity contribution in [2.75, 3.05) is 5.32 Å². The summed E-state index contributed by atoms with van der Waals surface area (Å²) in [5.41, 5.74) is 2.30. The maximum atomic E-state index is 3.40. The van der Waals surface area contributed by atoms with Crippen LogP contribution in [0, 0.1) is 0 Å². The number of anilines is 2. The number of nitrogens with one attached hydrogen (secondary N) is 1. The molecular weight excluding hydrogens is 267 g/mol. The van der Waals surface area contributed by atoms with Crippen molar-refractivity contribution < 1.29 is 0 Å². The Morgan fingerprint density at radius 2 is 1.24 bits per heavy atom. The fourth-order valence-electron chi connectivity index (χ4n) is 1.74. The molecule has 0 saturated heterocycles. The van der Waals surface area contributed by atoms with Gasteiger partial charge in [-0.25, -0.2) is 0 Å². The molecule has 0 aliphatic heterocycles. The van der Waals surface area contributed by atoms with Gasteiger partial charge in [0.25, 0.3) is 0 Å². The zero-order chi connectivity index (χ0) is 12.3. The van der Waals surface area contributed by atoms with Gasteiger partial charge in [-0.15, -0.1) is 0 Å². The summed E-state index contributed by atoms with van der Waals surface area (Å²) >= 11 is -1.66. The SMILES string of the molecule is [CH3][Ge]([CH3])([CH3])[c]1ccc(Nc2ccccc2)cc1. The minimum atomic E-state index is -1.66. The standard InChI is InChI=1S/C15H19GeN/c1-16(2,3)13-9-11-15(12-10-13)17-14-7-5-4-6-8-14/h4-12,17H,1-3H3. The summed E-state index contributed by atoms with van der Waals surface area (Å²) < 4.78 is 1.55. The quantitative estimate of drug-likeness (QED) is 0.842. The molecule has 2 aromatic rings. The fourth-order valence-corrected chi connectivity index (χ4v) is 4.19. The molecule has 2 heteroatoms. The average Bonchev–Trinajstić information content (AvgIpc) is 2.30. The molecule has 0 heterocycles. The van der Waals surface area contributed by atoms with Crippen LogP contribution in [0.15, 0.2) is 54.6 Å². The van der Waals surface area contributed by atoms with E-state index in [0.29, 0.717) is 0 Å². The molecule has 0 amide bonds. The maximum absolute atomic E-state index is 3.40. The summed E-state index contributed by atoms with van der Waals surface area (Å²) in [5, 5.41) is 3.40. The van der Waals surface area contributed by atoms with E-state index in [1.165, 1.54) is 0 Å². The number of rotatable bonds is 3. The van der Waals surface area contributed by atoms with Crippen LogP contribution in [0.4, 0.5) is 11.4 Å². The van der Waals surface area contributed by atoms with E-state index in [1.54, 1.807) is 4.40 Å². The van der Waals surface area contributed by atoms with Crippen molar-refractivity contribution in [2.24, 2.45) is 0 Å². The van der Waals surface area contributed by atoms with Crippen LogP contribution in [0.3, 0.4) is 0 Å². The molecular formula is C15H19GeN. The van der Waals surface area contributed by atoms with Crippen LogP contribution >= 0.6 is 0 Å². The molecule has 0 aliphatic rings. The molecule has 0 fully saturated rings. The van der Waals surface area contributed by atoms with Crippen LogP contribution in [-0.4, -0.2) is 13.3 Å². The topological polar surface area (TPSA) is 12.0 Å². The van der Waals surface area contributed by atoms with Gasteiger partial charge < -0.3 is 0 Å². The molecule has 0 aliphatic carbocycles. The molecule has 0 bridgehead atoms. The Hall–Kier alpha value is -1.22. The monoisotopic (exact) mass is 287 g/mol. The van der Waals surface area contributed by atoms with Gasteiger partial charge in [-0.1, -0.05) is 0 Å². The minimum absolute atomic E-state index is 1.14. The third-order valence-corrected chi connectivity index (χ3v) is 7.15. The van der Waals surface area contributed by atoms with E-state index in [4.69, 9.17) is 0 Å². The number of hydrogen-bond acceptors (Lipinski definition) is 1. The van der Waals surface area contributed by atoms with Crippen LogP contribution in [0.1, 0.15) is 0 Å². The Morgan fingerprint density at radius 3 is 1.76 bits per heavy atom. The number of hydrogen-bond donors (Lipinski definition) is 1. The van der Waals surface area contributed by atoms with Gasteiger partial charge >= 0.3 is 106 Å². The molecule has 1 nitrogen and oxygen atoms in total.